The molecule has 2 heterocycles. The van der Waals surface area contributed by atoms with Crippen LogP contribution in [0.4, 0.5) is 0 Å². The zero-order valence-electron chi connectivity index (χ0n) is 12.1. The molecule has 1 fully saturated rings. The third-order valence-electron chi connectivity index (χ3n) is 4.11. The van der Waals surface area contributed by atoms with Crippen LogP contribution in [0.1, 0.15) is 31.2 Å². The molecule has 116 valence electrons. The van der Waals surface area contributed by atoms with Gasteiger partial charge in [0.05, 0.1) is 0 Å². The van der Waals surface area contributed by atoms with Gasteiger partial charge in [0.2, 0.25) is 0 Å². The first-order valence-electron chi connectivity index (χ1n) is 7.64. The van der Waals surface area contributed by atoms with E-state index in [4.69, 9.17) is 4.74 Å². The lowest BCUT2D eigenvalue weighted by atomic mass is 10.1. The van der Waals surface area contributed by atoms with Crippen LogP contribution in [0.15, 0.2) is 24.3 Å². The quantitative estimate of drug-likeness (QED) is 0.921. The molecule has 1 N–H and O–H groups in total. The van der Waals surface area contributed by atoms with Crippen molar-refractivity contribution in [3.05, 3.63) is 29.8 Å². The van der Waals surface area contributed by atoms with Crippen molar-refractivity contribution < 1.29 is 13.2 Å². The van der Waals surface area contributed by atoms with E-state index in [0.29, 0.717) is 19.6 Å². The normalized spacial score (nSPS) is 23.3. The molecule has 0 aromatic heterocycles. The molecular formula is C15H22N2O3S. The van der Waals surface area contributed by atoms with E-state index in [1.165, 1.54) is 0 Å². The summed E-state index contributed by atoms with van der Waals surface area (Å²) < 4.78 is 34.7. The molecule has 21 heavy (non-hydrogen) atoms. The van der Waals surface area contributed by atoms with Crippen LogP contribution in [0.5, 0.6) is 5.75 Å². The summed E-state index contributed by atoms with van der Waals surface area (Å²) in [5, 5.41) is 0. The number of rotatable bonds is 4. The molecule has 1 aromatic rings. The molecule has 2 aliphatic heterocycles. The first-order valence-corrected chi connectivity index (χ1v) is 9.08. The predicted molar refractivity (Wildman–Crippen MR) is 81.5 cm³/mol. The molecule has 1 atom stereocenters. The highest BCUT2D eigenvalue weighted by Gasteiger charge is 2.27. The number of fused-ring (bicyclic) bond motifs is 1. The van der Waals surface area contributed by atoms with Crippen LogP contribution >= 0.6 is 0 Å². The van der Waals surface area contributed by atoms with Gasteiger partial charge >= 0.3 is 0 Å². The molecule has 0 amide bonds. The SMILES string of the molecule is O=S(=O)(NC[C@@H]1Cc2ccccc2O1)N1CCCCCC1. The summed E-state index contributed by atoms with van der Waals surface area (Å²) in [4.78, 5) is 0. The minimum Gasteiger partial charge on any atom is -0.488 e. The van der Waals surface area contributed by atoms with E-state index in [2.05, 4.69) is 4.72 Å². The summed E-state index contributed by atoms with van der Waals surface area (Å²) in [7, 11) is -3.38. The fraction of sp³-hybridized carbons (Fsp3) is 0.600. The van der Waals surface area contributed by atoms with Gasteiger partial charge in [-0.25, -0.2) is 0 Å². The zero-order valence-corrected chi connectivity index (χ0v) is 12.9. The fourth-order valence-electron chi connectivity index (χ4n) is 2.94. The molecule has 3 rings (SSSR count). The monoisotopic (exact) mass is 310 g/mol. The van der Waals surface area contributed by atoms with Crippen LogP contribution in [0.2, 0.25) is 0 Å². The van der Waals surface area contributed by atoms with Crippen molar-refractivity contribution in [2.24, 2.45) is 0 Å². The molecule has 6 heteroatoms. The van der Waals surface area contributed by atoms with Gasteiger partial charge < -0.3 is 4.74 Å². The number of nitrogens with one attached hydrogen (secondary N) is 1. The van der Waals surface area contributed by atoms with Gasteiger partial charge in [-0.3, -0.25) is 0 Å². The summed E-state index contributed by atoms with van der Waals surface area (Å²) in [5.74, 6) is 0.872. The predicted octanol–water partition coefficient (Wildman–Crippen LogP) is 1.70. The number of ether oxygens (including phenoxy) is 1. The lowest BCUT2D eigenvalue weighted by molar-refractivity contribution is 0.234. The third-order valence-corrected chi connectivity index (χ3v) is 5.69. The van der Waals surface area contributed by atoms with E-state index in [0.717, 1.165) is 43.4 Å². The number of benzene rings is 1. The molecule has 5 nitrogen and oxygen atoms in total. The van der Waals surface area contributed by atoms with Crippen LogP contribution in [0.3, 0.4) is 0 Å². The third kappa shape index (κ3) is 3.56. The number of nitrogens with zero attached hydrogens (tertiary/aromatic N) is 1. The van der Waals surface area contributed by atoms with Gasteiger partial charge in [-0.2, -0.15) is 17.4 Å². The van der Waals surface area contributed by atoms with Crippen molar-refractivity contribution in [1.82, 2.24) is 9.03 Å². The largest absolute Gasteiger partial charge is 0.488 e. The zero-order chi connectivity index (χ0) is 14.7. The molecule has 1 aromatic carbocycles. The molecular weight excluding hydrogens is 288 g/mol. The van der Waals surface area contributed by atoms with E-state index >= 15 is 0 Å². The highest BCUT2D eigenvalue weighted by Crippen LogP contribution is 2.27. The minimum absolute atomic E-state index is 0.107. The molecule has 0 radical (unpaired) electrons. The molecule has 1 saturated heterocycles. The van der Waals surface area contributed by atoms with Gasteiger partial charge in [-0.15, -0.1) is 0 Å². The Morgan fingerprint density at radius 2 is 1.86 bits per heavy atom. The Bertz CT molecular complexity index is 555. The second kappa shape index (κ2) is 6.34. The minimum atomic E-state index is -3.38. The summed E-state index contributed by atoms with van der Waals surface area (Å²) >= 11 is 0. The molecule has 2 aliphatic rings. The Morgan fingerprint density at radius 1 is 1.14 bits per heavy atom. The van der Waals surface area contributed by atoms with Crippen molar-refractivity contribution in [2.45, 2.75) is 38.2 Å². The van der Waals surface area contributed by atoms with E-state index < -0.39 is 10.2 Å². The van der Waals surface area contributed by atoms with Gasteiger partial charge in [0.15, 0.2) is 0 Å². The standard InChI is InChI=1S/C15H22N2O3S/c18-21(19,17-9-5-1-2-6-10-17)16-12-14-11-13-7-3-4-8-15(13)20-14/h3-4,7-8,14,16H,1-2,5-6,9-12H2/t14-/m0/s1. The Morgan fingerprint density at radius 3 is 2.57 bits per heavy atom. The topological polar surface area (TPSA) is 58.6 Å². The maximum Gasteiger partial charge on any atom is 0.279 e. The van der Waals surface area contributed by atoms with Crippen LogP contribution in [-0.2, 0) is 16.6 Å². The van der Waals surface area contributed by atoms with Gasteiger partial charge in [0.1, 0.15) is 11.9 Å². The molecule has 0 aliphatic carbocycles. The van der Waals surface area contributed by atoms with Crippen LogP contribution in [0, 0.1) is 0 Å². The van der Waals surface area contributed by atoms with Crippen LogP contribution < -0.4 is 9.46 Å². The molecule has 0 saturated carbocycles. The van der Waals surface area contributed by atoms with Gasteiger partial charge in [0.25, 0.3) is 10.2 Å². The van der Waals surface area contributed by atoms with Crippen molar-refractivity contribution in [2.75, 3.05) is 19.6 Å². The lowest BCUT2D eigenvalue weighted by Gasteiger charge is -2.21. The Kier molecular flexibility index (Phi) is 4.47. The maximum absolute atomic E-state index is 12.3. The summed E-state index contributed by atoms with van der Waals surface area (Å²) in [5.41, 5.74) is 1.15. The number of hydrogen-bond acceptors (Lipinski definition) is 3. The van der Waals surface area contributed by atoms with Gasteiger partial charge in [-0.1, -0.05) is 31.0 Å². The Labute approximate surface area is 126 Å². The Hall–Kier alpha value is -1.11. The lowest BCUT2D eigenvalue weighted by Crippen LogP contribution is -2.44. The summed E-state index contributed by atoms with van der Waals surface area (Å²) in [6.07, 6.45) is 4.79. The van der Waals surface area contributed by atoms with Crippen molar-refractivity contribution in [3.63, 3.8) is 0 Å². The smallest absolute Gasteiger partial charge is 0.279 e. The van der Waals surface area contributed by atoms with Crippen molar-refractivity contribution in [3.8, 4) is 5.75 Å². The molecule has 0 unspecified atom stereocenters. The average Bonchev–Trinajstić information content (AvgIpc) is 2.69. The van der Waals surface area contributed by atoms with Gasteiger partial charge in [-0.05, 0) is 24.5 Å². The van der Waals surface area contributed by atoms with Crippen molar-refractivity contribution >= 4 is 10.2 Å². The average molecular weight is 310 g/mol. The highest BCUT2D eigenvalue weighted by atomic mass is 32.2. The molecule has 0 spiro atoms. The molecule has 0 bridgehead atoms. The summed E-state index contributed by atoms with van der Waals surface area (Å²) in [6, 6.07) is 7.87. The first kappa shape index (κ1) is 14.8. The van der Waals surface area contributed by atoms with E-state index in [1.807, 2.05) is 24.3 Å². The van der Waals surface area contributed by atoms with E-state index in [-0.39, 0.29) is 6.10 Å². The first-order chi connectivity index (χ1) is 10.1. The highest BCUT2D eigenvalue weighted by molar-refractivity contribution is 7.87. The van der Waals surface area contributed by atoms with Crippen LogP contribution in [0.25, 0.3) is 0 Å². The van der Waals surface area contributed by atoms with Crippen LogP contribution in [-0.4, -0.2) is 38.5 Å². The second-order valence-corrected chi connectivity index (χ2v) is 7.47. The second-order valence-electron chi connectivity index (χ2n) is 5.72. The van der Waals surface area contributed by atoms with Crippen molar-refractivity contribution in [1.29, 1.82) is 0 Å². The van der Waals surface area contributed by atoms with Gasteiger partial charge in [0, 0.05) is 26.1 Å². The number of para-hydroxylation sites is 1. The number of hydrogen-bond donors (Lipinski definition) is 1. The fourth-order valence-corrected chi connectivity index (χ4v) is 4.26. The summed E-state index contributed by atoms with van der Waals surface area (Å²) in [6.45, 7) is 1.58. The Balaban J connectivity index is 1.55. The van der Waals surface area contributed by atoms with E-state index in [9.17, 15) is 8.42 Å². The maximum atomic E-state index is 12.3. The van der Waals surface area contributed by atoms with E-state index in [1.54, 1.807) is 4.31 Å².